The number of aromatic nitrogens is 2. The topological polar surface area (TPSA) is 41.3 Å². The van der Waals surface area contributed by atoms with E-state index >= 15 is 0 Å². The van der Waals surface area contributed by atoms with Crippen LogP contribution in [-0.4, -0.2) is 35.2 Å². The fraction of sp³-hybridized carbons (Fsp3) is 0.308. The summed E-state index contributed by atoms with van der Waals surface area (Å²) in [6.45, 7) is -0.119. The van der Waals surface area contributed by atoms with Gasteiger partial charge in [0.1, 0.15) is 16.5 Å². The Balaban J connectivity index is 2.78. The first-order valence-corrected chi connectivity index (χ1v) is 8.35. The lowest BCUT2D eigenvalue weighted by atomic mass is 10.3. The van der Waals surface area contributed by atoms with Crippen LogP contribution in [0.15, 0.2) is 17.2 Å². The summed E-state index contributed by atoms with van der Waals surface area (Å²) in [6, 6.07) is 3.23. The largest absolute Gasteiger partial charge is 0.391 e. The summed E-state index contributed by atoms with van der Waals surface area (Å²) in [5.41, 5.74) is 1.27. The number of rotatable bonds is 4. The highest BCUT2D eigenvalue weighted by atomic mass is 35.5. The molecule has 0 bridgehead atoms. The van der Waals surface area contributed by atoms with Crippen molar-refractivity contribution in [1.82, 2.24) is 9.78 Å². The molecule has 1 aromatic carbocycles. The van der Waals surface area contributed by atoms with E-state index in [2.05, 4.69) is 5.10 Å². The molecule has 1 aromatic heterocycles. The summed E-state index contributed by atoms with van der Waals surface area (Å²) >= 11 is 20.0. The molecule has 0 spiro atoms. The molecule has 1 N–H and O–H groups in total. The molecule has 8 heteroatoms. The van der Waals surface area contributed by atoms with Gasteiger partial charge < -0.3 is 10.0 Å². The SMILES string of the molecule is CSc1nn(-c2c(Cl)cc(Cl)cc2Cl)c(N(C)C)c1CO. The van der Waals surface area contributed by atoms with E-state index in [4.69, 9.17) is 34.8 Å². The second-order valence-electron chi connectivity index (χ2n) is 4.49. The first-order chi connectivity index (χ1) is 9.90. The van der Waals surface area contributed by atoms with Crippen molar-refractivity contribution in [1.29, 1.82) is 0 Å². The van der Waals surface area contributed by atoms with Crippen molar-refractivity contribution in [2.75, 3.05) is 25.3 Å². The van der Waals surface area contributed by atoms with Gasteiger partial charge in [-0.25, -0.2) is 4.68 Å². The van der Waals surface area contributed by atoms with Crippen molar-refractivity contribution in [3.05, 3.63) is 32.8 Å². The van der Waals surface area contributed by atoms with Crippen LogP contribution in [0, 0.1) is 0 Å². The van der Waals surface area contributed by atoms with Crippen molar-refractivity contribution >= 4 is 52.4 Å². The first-order valence-electron chi connectivity index (χ1n) is 5.99. The Morgan fingerprint density at radius 3 is 2.24 bits per heavy atom. The minimum absolute atomic E-state index is 0.119. The van der Waals surface area contributed by atoms with Gasteiger partial charge in [-0.1, -0.05) is 34.8 Å². The van der Waals surface area contributed by atoms with Gasteiger partial charge in [0.2, 0.25) is 0 Å². The maximum Gasteiger partial charge on any atom is 0.138 e. The van der Waals surface area contributed by atoms with Crippen LogP contribution < -0.4 is 4.90 Å². The third-order valence-electron chi connectivity index (χ3n) is 2.89. The van der Waals surface area contributed by atoms with Gasteiger partial charge in [0.15, 0.2) is 0 Å². The van der Waals surface area contributed by atoms with Crippen LogP contribution in [0.1, 0.15) is 5.56 Å². The van der Waals surface area contributed by atoms with E-state index in [0.717, 1.165) is 16.4 Å². The summed E-state index contributed by atoms with van der Waals surface area (Å²) in [6.07, 6.45) is 1.90. The van der Waals surface area contributed by atoms with Crippen LogP contribution in [0.5, 0.6) is 0 Å². The van der Waals surface area contributed by atoms with Crippen LogP contribution in [0.3, 0.4) is 0 Å². The molecule has 0 aliphatic heterocycles. The Morgan fingerprint density at radius 1 is 1.24 bits per heavy atom. The monoisotopic (exact) mass is 365 g/mol. The minimum atomic E-state index is -0.119. The predicted octanol–water partition coefficient (Wildman–Crippen LogP) is 4.11. The Bertz CT molecular complexity index is 650. The van der Waals surface area contributed by atoms with Gasteiger partial charge in [0.25, 0.3) is 0 Å². The van der Waals surface area contributed by atoms with E-state index in [-0.39, 0.29) is 6.61 Å². The average Bonchev–Trinajstić information content (AvgIpc) is 2.75. The van der Waals surface area contributed by atoms with Crippen LogP contribution >= 0.6 is 46.6 Å². The molecule has 0 amide bonds. The van der Waals surface area contributed by atoms with E-state index in [0.29, 0.717) is 20.8 Å². The number of aliphatic hydroxyl groups excluding tert-OH is 1. The molecule has 0 unspecified atom stereocenters. The highest BCUT2D eigenvalue weighted by Crippen LogP contribution is 2.37. The maximum atomic E-state index is 9.64. The van der Waals surface area contributed by atoms with Crippen LogP contribution in [0.25, 0.3) is 5.69 Å². The van der Waals surface area contributed by atoms with Crippen molar-refractivity contribution in [2.45, 2.75) is 11.6 Å². The third-order valence-corrected chi connectivity index (χ3v) is 4.40. The molecule has 0 radical (unpaired) electrons. The van der Waals surface area contributed by atoms with Crippen LogP contribution in [0.2, 0.25) is 15.1 Å². The van der Waals surface area contributed by atoms with Crippen LogP contribution in [0.4, 0.5) is 5.82 Å². The molecular formula is C13H14Cl3N3OS. The molecule has 21 heavy (non-hydrogen) atoms. The highest BCUT2D eigenvalue weighted by molar-refractivity contribution is 7.98. The molecule has 2 rings (SSSR count). The summed E-state index contributed by atoms with van der Waals surface area (Å²) in [5, 5.41) is 16.1. The Morgan fingerprint density at radius 2 is 1.81 bits per heavy atom. The van der Waals surface area contributed by atoms with Gasteiger partial charge in [0.05, 0.1) is 22.2 Å². The summed E-state index contributed by atoms with van der Waals surface area (Å²) in [5.74, 6) is 0.730. The molecule has 0 aliphatic rings. The summed E-state index contributed by atoms with van der Waals surface area (Å²) in [4.78, 5) is 1.86. The molecule has 0 saturated heterocycles. The molecule has 0 aliphatic carbocycles. The number of thioether (sulfide) groups is 1. The van der Waals surface area contributed by atoms with Crippen molar-refractivity contribution < 1.29 is 5.11 Å². The zero-order valence-electron chi connectivity index (χ0n) is 11.7. The van der Waals surface area contributed by atoms with Gasteiger partial charge in [-0.3, -0.25) is 0 Å². The first kappa shape index (κ1) is 16.8. The second kappa shape index (κ2) is 6.67. The average molecular weight is 367 g/mol. The van der Waals surface area contributed by atoms with Crippen molar-refractivity contribution in [3.63, 3.8) is 0 Å². The molecule has 0 fully saturated rings. The molecule has 0 atom stereocenters. The number of anilines is 1. The van der Waals surface area contributed by atoms with Crippen molar-refractivity contribution in [2.24, 2.45) is 0 Å². The predicted molar refractivity (Wildman–Crippen MR) is 90.6 cm³/mol. The fourth-order valence-electron chi connectivity index (χ4n) is 2.08. The van der Waals surface area contributed by atoms with E-state index in [1.54, 1.807) is 16.8 Å². The normalized spacial score (nSPS) is 11.0. The highest BCUT2D eigenvalue weighted by Gasteiger charge is 2.22. The number of benzene rings is 1. The summed E-state index contributed by atoms with van der Waals surface area (Å²) in [7, 11) is 3.74. The Kier molecular flexibility index (Phi) is 5.33. The Hall–Kier alpha value is -0.590. The number of hydrogen-bond acceptors (Lipinski definition) is 4. The van der Waals surface area contributed by atoms with E-state index < -0.39 is 0 Å². The van der Waals surface area contributed by atoms with Gasteiger partial charge in [-0.05, 0) is 18.4 Å². The van der Waals surface area contributed by atoms with Gasteiger partial charge in [0, 0.05) is 19.1 Å². The smallest absolute Gasteiger partial charge is 0.138 e. The lowest BCUT2D eigenvalue weighted by Crippen LogP contribution is -2.16. The quantitative estimate of drug-likeness (QED) is 0.827. The van der Waals surface area contributed by atoms with E-state index in [1.165, 1.54) is 11.8 Å². The minimum Gasteiger partial charge on any atom is -0.391 e. The fourth-order valence-corrected chi connectivity index (χ4v) is 3.62. The number of nitrogens with zero attached hydrogens (tertiary/aromatic N) is 3. The van der Waals surface area contributed by atoms with Gasteiger partial charge in [-0.15, -0.1) is 11.8 Å². The second-order valence-corrected chi connectivity index (χ2v) is 6.54. The standard InChI is InChI=1S/C13H14Cl3N3OS/c1-18(2)13-8(6-20)12(21-3)17-19(13)11-9(15)4-7(14)5-10(11)16/h4-5,20H,6H2,1-3H3. The zero-order chi connectivity index (χ0) is 15.7. The summed E-state index contributed by atoms with van der Waals surface area (Å²) < 4.78 is 1.64. The maximum absolute atomic E-state index is 9.64. The number of halogens is 3. The molecular weight excluding hydrogens is 353 g/mol. The van der Waals surface area contributed by atoms with E-state index in [1.807, 2.05) is 25.3 Å². The third kappa shape index (κ3) is 3.12. The van der Waals surface area contributed by atoms with Crippen LogP contribution in [-0.2, 0) is 6.61 Å². The van der Waals surface area contributed by atoms with Crippen molar-refractivity contribution in [3.8, 4) is 5.69 Å². The Labute approximate surface area is 142 Å². The molecule has 0 saturated carbocycles. The number of hydrogen-bond donors (Lipinski definition) is 1. The van der Waals surface area contributed by atoms with Gasteiger partial charge >= 0.3 is 0 Å². The molecule has 2 aromatic rings. The number of aliphatic hydroxyl groups is 1. The lowest BCUT2D eigenvalue weighted by molar-refractivity contribution is 0.279. The molecule has 1 heterocycles. The van der Waals surface area contributed by atoms with Gasteiger partial charge in [-0.2, -0.15) is 5.10 Å². The molecule has 4 nitrogen and oxygen atoms in total. The lowest BCUT2D eigenvalue weighted by Gasteiger charge is -2.18. The zero-order valence-corrected chi connectivity index (χ0v) is 14.8. The van der Waals surface area contributed by atoms with E-state index in [9.17, 15) is 5.11 Å². The molecule has 114 valence electrons.